The van der Waals surface area contributed by atoms with Crippen molar-refractivity contribution >= 4 is 21.8 Å². The van der Waals surface area contributed by atoms with E-state index in [0.29, 0.717) is 0 Å². The third-order valence-electron chi connectivity index (χ3n) is 1.59. The van der Waals surface area contributed by atoms with Crippen LogP contribution in [0.15, 0.2) is 5.16 Å². The fraction of sp³-hybridized carbons (Fsp3) is 0.750. The second kappa shape index (κ2) is 10.4. The van der Waals surface area contributed by atoms with Crippen molar-refractivity contribution in [3.63, 3.8) is 0 Å². The molecule has 0 saturated heterocycles. The van der Waals surface area contributed by atoms with Crippen molar-refractivity contribution < 1.29 is 34.3 Å². The second-order valence-corrected chi connectivity index (χ2v) is 5.75. The molecule has 0 fully saturated rings. The van der Waals surface area contributed by atoms with Crippen LogP contribution in [0.2, 0.25) is 0 Å². The summed E-state index contributed by atoms with van der Waals surface area (Å²) in [6.07, 6.45) is -1.36. The highest BCUT2D eigenvalue weighted by Crippen LogP contribution is 2.02. The molecule has 0 aliphatic carbocycles. The quantitative estimate of drug-likeness (QED) is 0.496. The summed E-state index contributed by atoms with van der Waals surface area (Å²) < 4.78 is 65.7. The van der Waals surface area contributed by atoms with Crippen molar-refractivity contribution in [2.24, 2.45) is 0 Å². The number of rotatable bonds is 4. The van der Waals surface area contributed by atoms with Gasteiger partial charge in [0.15, 0.2) is 6.08 Å². The van der Waals surface area contributed by atoms with Gasteiger partial charge in [-0.1, -0.05) is 3.89 Å². The molecule has 0 radical (unpaired) electrons. The molecule has 124 valence electrons. The third-order valence-corrected chi connectivity index (χ3v) is 2.20. The van der Waals surface area contributed by atoms with Crippen LogP contribution < -0.4 is 4.98 Å². The standard InChI is InChI=1S/C6H16NO.C2F2N3O2S.O2S/c1-7(2,3)5-6-8-4;3-1-5-2(7-6-1)10(4,8)9;1-3-2/h5-6H2,1-4H3;;/q+1;-1;. The van der Waals surface area contributed by atoms with E-state index < -0.39 is 33.0 Å². The first-order valence-electron chi connectivity index (χ1n) is 5.16. The summed E-state index contributed by atoms with van der Waals surface area (Å²) in [4.78, 5) is 2.53. The maximum atomic E-state index is 11.8. The van der Waals surface area contributed by atoms with Crippen LogP contribution in [0.3, 0.4) is 0 Å². The monoisotopic (exact) mass is 350 g/mol. The number of methoxy groups -OCH3 is 1. The largest absolute Gasteiger partial charge is 0.379 e. The lowest BCUT2D eigenvalue weighted by atomic mass is 10.5. The smallest absolute Gasteiger partial charge is 0.337 e. The zero-order valence-electron chi connectivity index (χ0n) is 11.8. The van der Waals surface area contributed by atoms with E-state index in [9.17, 15) is 16.7 Å². The number of hydrogen-bond acceptors (Lipinski definition) is 7. The van der Waals surface area contributed by atoms with E-state index in [2.05, 4.69) is 36.3 Å². The zero-order valence-corrected chi connectivity index (χ0v) is 13.4. The van der Waals surface area contributed by atoms with Gasteiger partial charge < -0.3 is 24.4 Å². The van der Waals surface area contributed by atoms with Crippen LogP contribution in [0, 0.1) is 6.08 Å². The van der Waals surface area contributed by atoms with Crippen LogP contribution in [0.25, 0.3) is 0 Å². The Morgan fingerprint density at radius 1 is 1.29 bits per heavy atom. The summed E-state index contributed by atoms with van der Waals surface area (Å²) in [6, 6.07) is 0. The molecule has 0 N–H and O–H groups in total. The first-order chi connectivity index (χ1) is 9.47. The molecule has 0 aromatic carbocycles. The number of likely N-dealkylation sites (N-methyl/N-ethyl adjacent to an activating group) is 1. The Balaban J connectivity index is 0. The molecule has 1 aromatic heterocycles. The average molecular weight is 350 g/mol. The van der Waals surface area contributed by atoms with E-state index in [1.54, 1.807) is 7.11 Å². The molecule has 0 amide bonds. The number of halogens is 2. The van der Waals surface area contributed by atoms with Gasteiger partial charge in [-0.15, -0.1) is 0 Å². The lowest BCUT2D eigenvalue weighted by Gasteiger charge is -2.22. The second-order valence-electron chi connectivity index (χ2n) is 4.38. The maximum Gasteiger partial charge on any atom is 0.337 e. The highest BCUT2D eigenvalue weighted by molar-refractivity contribution is 7.86. The van der Waals surface area contributed by atoms with Gasteiger partial charge in [0, 0.05) is 7.11 Å². The molecule has 13 heteroatoms. The Morgan fingerprint density at radius 3 is 1.90 bits per heavy atom. The lowest BCUT2D eigenvalue weighted by molar-refractivity contribution is -0.870. The molecule has 0 spiro atoms. The lowest BCUT2D eigenvalue weighted by Crippen LogP contribution is -2.37. The van der Waals surface area contributed by atoms with E-state index >= 15 is 0 Å². The predicted octanol–water partition coefficient (Wildman–Crippen LogP) is -1.10. The molecular weight excluding hydrogens is 334 g/mol. The Hall–Kier alpha value is -1.31. The minimum absolute atomic E-state index is 0.750. The van der Waals surface area contributed by atoms with E-state index in [4.69, 9.17) is 13.2 Å². The van der Waals surface area contributed by atoms with Gasteiger partial charge in [-0.25, -0.2) is 0 Å². The summed E-state index contributed by atoms with van der Waals surface area (Å²) in [7, 11) is 3.18. The Bertz CT molecular complexity index is 537. The van der Waals surface area contributed by atoms with Gasteiger partial charge >= 0.3 is 21.8 Å². The Labute approximate surface area is 124 Å². The number of nitrogens with zero attached hydrogens (tertiary/aromatic N) is 4. The fourth-order valence-electron chi connectivity index (χ4n) is 0.676. The first-order valence-corrected chi connectivity index (χ1v) is 7.21. The summed E-state index contributed by atoms with van der Waals surface area (Å²) >= 11 is -0.750. The number of ether oxygens (including phenoxy) is 1. The highest BCUT2D eigenvalue weighted by Gasteiger charge is 2.09. The van der Waals surface area contributed by atoms with Crippen LogP contribution >= 0.6 is 0 Å². The third kappa shape index (κ3) is 14.9. The van der Waals surface area contributed by atoms with E-state index in [-0.39, 0.29) is 0 Å². The Morgan fingerprint density at radius 2 is 1.76 bits per heavy atom. The molecule has 1 rings (SSSR count). The molecule has 21 heavy (non-hydrogen) atoms. The number of quaternary nitrogens is 1. The van der Waals surface area contributed by atoms with Crippen molar-refractivity contribution in [1.29, 1.82) is 0 Å². The Kier molecular flexibility index (Phi) is 10.9. The SMILES string of the molecule is COCC[N+](C)(C)C.O=S(=O)(F)c1nnc(F)[n-]1.O=S=O. The highest BCUT2D eigenvalue weighted by atomic mass is 32.3. The van der Waals surface area contributed by atoms with Crippen molar-refractivity contribution in [3.8, 4) is 0 Å². The fourth-order valence-corrected chi connectivity index (χ4v) is 0.999. The van der Waals surface area contributed by atoms with Gasteiger partial charge in [0.05, 0.1) is 27.7 Å². The summed E-state index contributed by atoms with van der Waals surface area (Å²) in [6.45, 7) is 1.93. The van der Waals surface area contributed by atoms with Gasteiger partial charge in [0.25, 0.3) is 0 Å². The minimum Gasteiger partial charge on any atom is -0.379 e. The van der Waals surface area contributed by atoms with Gasteiger partial charge in [-0.2, -0.15) is 21.2 Å². The molecule has 9 nitrogen and oxygen atoms in total. The number of aromatic nitrogens is 3. The van der Waals surface area contributed by atoms with E-state index in [1.165, 1.54) is 0 Å². The van der Waals surface area contributed by atoms with Gasteiger partial charge in [0.2, 0.25) is 0 Å². The molecule has 0 unspecified atom stereocenters. The molecule has 0 bridgehead atoms. The average Bonchev–Trinajstić information content (AvgIpc) is 2.74. The van der Waals surface area contributed by atoms with Crippen LogP contribution in [0.5, 0.6) is 0 Å². The van der Waals surface area contributed by atoms with Crippen LogP contribution in [0.1, 0.15) is 0 Å². The summed E-state index contributed by atoms with van der Waals surface area (Å²) in [5, 5.41) is 3.88. The van der Waals surface area contributed by atoms with Gasteiger partial charge in [0.1, 0.15) is 11.7 Å². The summed E-state index contributed by atoms with van der Waals surface area (Å²) in [5.41, 5.74) is 0. The molecule has 1 heterocycles. The molecule has 0 atom stereocenters. The molecule has 0 saturated carbocycles. The number of hydrogen-bond donors (Lipinski definition) is 0. The normalized spacial score (nSPS) is 10.8. The predicted molar refractivity (Wildman–Crippen MR) is 67.3 cm³/mol. The first kappa shape index (κ1) is 22.0. The van der Waals surface area contributed by atoms with Crippen molar-refractivity contribution in [2.45, 2.75) is 5.16 Å². The maximum absolute atomic E-state index is 11.8. The molecular formula is C8H16F2N4O5S2. The van der Waals surface area contributed by atoms with E-state index in [1.807, 2.05) is 0 Å². The van der Waals surface area contributed by atoms with Crippen molar-refractivity contribution in [2.75, 3.05) is 41.4 Å². The molecule has 0 aliphatic heterocycles. The van der Waals surface area contributed by atoms with Gasteiger partial charge in [-0.05, 0) is 0 Å². The molecule has 1 aromatic rings. The minimum atomic E-state index is -5.01. The molecule has 0 aliphatic rings. The zero-order chi connectivity index (χ0) is 17.1. The van der Waals surface area contributed by atoms with Gasteiger partial charge in [-0.3, -0.25) is 0 Å². The van der Waals surface area contributed by atoms with Crippen molar-refractivity contribution in [1.82, 2.24) is 15.2 Å². The van der Waals surface area contributed by atoms with Crippen molar-refractivity contribution in [3.05, 3.63) is 6.08 Å². The van der Waals surface area contributed by atoms with E-state index in [0.717, 1.165) is 17.6 Å². The van der Waals surface area contributed by atoms with Crippen LogP contribution in [-0.2, 0) is 26.5 Å². The van der Waals surface area contributed by atoms with Crippen LogP contribution in [-0.4, -0.2) is 72.9 Å². The van der Waals surface area contributed by atoms with Crippen LogP contribution in [0.4, 0.5) is 8.28 Å². The summed E-state index contributed by atoms with van der Waals surface area (Å²) in [5.74, 6) is 0. The topological polar surface area (TPSA) is 117 Å².